The molecule has 6 atom stereocenters. The van der Waals surface area contributed by atoms with Gasteiger partial charge in [-0.25, -0.2) is 9.59 Å². The molecule has 1 saturated heterocycles. The molecule has 3 aliphatic rings. The van der Waals surface area contributed by atoms with Crippen LogP contribution < -0.4 is 0 Å². The van der Waals surface area contributed by atoms with Gasteiger partial charge in [0.2, 0.25) is 0 Å². The molecule has 0 N–H and O–H groups in total. The number of fused-ring (bicyclic) bond motifs is 1. The largest absolute Gasteiger partial charge is 0.469 e. The first-order valence-electron chi connectivity index (χ1n) is 11.0. The molecule has 0 radical (unpaired) electrons. The van der Waals surface area contributed by atoms with Gasteiger partial charge in [0.1, 0.15) is 19.3 Å². The van der Waals surface area contributed by atoms with E-state index in [0.29, 0.717) is 0 Å². The molecule has 0 spiro atoms. The minimum Gasteiger partial charge on any atom is -0.469 e. The molecule has 6 unspecified atom stereocenters. The van der Waals surface area contributed by atoms with Crippen LogP contribution in [-0.4, -0.2) is 63.4 Å². The summed E-state index contributed by atoms with van der Waals surface area (Å²) in [6.45, 7) is 5.30. The van der Waals surface area contributed by atoms with Gasteiger partial charge in [-0.3, -0.25) is 14.4 Å². The number of carbonyl (C=O) groups excluding carboxylic acids is 5. The van der Waals surface area contributed by atoms with Crippen molar-refractivity contribution in [3.8, 4) is 0 Å². The van der Waals surface area contributed by atoms with E-state index >= 15 is 0 Å². The van der Waals surface area contributed by atoms with Crippen molar-refractivity contribution in [3.63, 3.8) is 0 Å². The van der Waals surface area contributed by atoms with Gasteiger partial charge >= 0.3 is 29.8 Å². The van der Waals surface area contributed by atoms with E-state index in [1.807, 2.05) is 20.8 Å². The van der Waals surface area contributed by atoms with Crippen molar-refractivity contribution in [2.45, 2.75) is 39.7 Å². The molecule has 0 aromatic rings. The van der Waals surface area contributed by atoms with Crippen molar-refractivity contribution in [2.75, 3.05) is 27.4 Å². The summed E-state index contributed by atoms with van der Waals surface area (Å²) in [5, 5.41) is 0. The maximum absolute atomic E-state index is 13.3. The van der Waals surface area contributed by atoms with Gasteiger partial charge in [-0.1, -0.05) is 20.8 Å². The summed E-state index contributed by atoms with van der Waals surface area (Å²) >= 11 is 0. The molecule has 1 aliphatic heterocycles. The lowest BCUT2D eigenvalue weighted by molar-refractivity contribution is -0.173. The summed E-state index contributed by atoms with van der Waals surface area (Å²) in [5.74, 6) is -3.92. The molecular weight excluding hydrogens is 436 g/mol. The van der Waals surface area contributed by atoms with Crippen LogP contribution in [0.3, 0.4) is 0 Å². The van der Waals surface area contributed by atoms with Crippen LogP contribution in [0.2, 0.25) is 0 Å². The maximum Gasteiger partial charge on any atom is 0.334 e. The fourth-order valence-corrected chi connectivity index (χ4v) is 5.97. The Morgan fingerprint density at radius 3 is 2.39 bits per heavy atom. The van der Waals surface area contributed by atoms with Gasteiger partial charge in [-0.2, -0.15) is 0 Å². The molecule has 3 rings (SSSR count). The standard InChI is InChI=1S/C23H30O10/c1-11(2)23(15-10-14-18(23)21(27)33-19(14)12(15)3)22(28)32-7-6-31-20(26)13(8-16(24)29-4)9-17(25)30-5/h8,11-12,14-15,18-19H,6-7,9-10H2,1-5H3. The van der Waals surface area contributed by atoms with Crippen molar-refractivity contribution in [3.05, 3.63) is 11.6 Å². The molecule has 10 nitrogen and oxygen atoms in total. The number of hydrogen-bond donors (Lipinski definition) is 0. The first kappa shape index (κ1) is 24.7. The van der Waals surface area contributed by atoms with E-state index in [9.17, 15) is 24.0 Å². The fraction of sp³-hybridized carbons (Fsp3) is 0.696. The van der Waals surface area contributed by atoms with Gasteiger partial charge < -0.3 is 23.7 Å². The van der Waals surface area contributed by atoms with E-state index in [-0.39, 0.29) is 54.5 Å². The lowest BCUT2D eigenvalue weighted by Gasteiger charge is -2.43. The number of esters is 5. The molecule has 2 bridgehead atoms. The zero-order chi connectivity index (χ0) is 24.5. The van der Waals surface area contributed by atoms with Crippen LogP contribution in [0.4, 0.5) is 0 Å². The van der Waals surface area contributed by atoms with Crippen LogP contribution in [0.1, 0.15) is 33.6 Å². The average Bonchev–Trinajstić information content (AvgIpc) is 3.38. The van der Waals surface area contributed by atoms with Crippen LogP contribution in [-0.2, 0) is 47.7 Å². The Morgan fingerprint density at radius 1 is 1.12 bits per heavy atom. The van der Waals surface area contributed by atoms with E-state index in [0.717, 1.165) is 26.7 Å². The molecule has 2 saturated carbocycles. The van der Waals surface area contributed by atoms with Crippen LogP contribution in [0.25, 0.3) is 0 Å². The molecule has 33 heavy (non-hydrogen) atoms. The predicted octanol–water partition coefficient (Wildman–Crippen LogP) is 1.21. The molecule has 10 heteroatoms. The minimum atomic E-state index is -0.973. The van der Waals surface area contributed by atoms with E-state index < -0.39 is 41.6 Å². The number of rotatable bonds is 9. The van der Waals surface area contributed by atoms with Crippen molar-refractivity contribution >= 4 is 29.8 Å². The van der Waals surface area contributed by atoms with Crippen molar-refractivity contribution in [1.29, 1.82) is 0 Å². The Balaban J connectivity index is 1.63. The Kier molecular flexibility index (Phi) is 7.14. The molecule has 1 heterocycles. The van der Waals surface area contributed by atoms with Crippen molar-refractivity contribution in [1.82, 2.24) is 0 Å². The van der Waals surface area contributed by atoms with Gasteiger partial charge in [0.25, 0.3) is 0 Å². The molecule has 0 aromatic heterocycles. The molecule has 3 fully saturated rings. The second kappa shape index (κ2) is 9.52. The second-order valence-electron chi connectivity index (χ2n) is 9.05. The van der Waals surface area contributed by atoms with Gasteiger partial charge in [-0.15, -0.1) is 0 Å². The number of hydrogen-bond acceptors (Lipinski definition) is 10. The second-order valence-corrected chi connectivity index (χ2v) is 9.05. The normalized spacial score (nSPS) is 31.9. The average molecular weight is 466 g/mol. The summed E-state index contributed by atoms with van der Waals surface area (Å²) in [6, 6.07) is 0. The van der Waals surface area contributed by atoms with Crippen LogP contribution in [0, 0.1) is 35.0 Å². The number of carbonyl (C=O) groups is 5. The molecule has 0 aromatic carbocycles. The highest BCUT2D eigenvalue weighted by Crippen LogP contribution is 2.68. The summed E-state index contributed by atoms with van der Waals surface area (Å²) in [4.78, 5) is 61.2. The van der Waals surface area contributed by atoms with Gasteiger partial charge in [0, 0.05) is 12.0 Å². The van der Waals surface area contributed by atoms with E-state index in [1.165, 1.54) is 0 Å². The van der Waals surface area contributed by atoms with Crippen LogP contribution in [0.15, 0.2) is 11.6 Å². The Morgan fingerprint density at radius 2 is 1.79 bits per heavy atom. The SMILES string of the molecule is COC(=O)C=C(CC(=O)OC)C(=O)OCCOC(=O)C1(C(C)C)C2CC3C(OC(=O)C31)C2C. The topological polar surface area (TPSA) is 132 Å². The third-order valence-corrected chi connectivity index (χ3v) is 7.34. The Hall–Kier alpha value is -2.91. The predicted molar refractivity (Wildman–Crippen MR) is 110 cm³/mol. The summed E-state index contributed by atoms with van der Waals surface area (Å²) in [5.41, 5.74) is -1.22. The first-order valence-corrected chi connectivity index (χ1v) is 11.0. The summed E-state index contributed by atoms with van der Waals surface area (Å²) < 4.78 is 25.1. The lowest BCUT2D eigenvalue weighted by atomic mass is 9.58. The fourth-order valence-electron chi connectivity index (χ4n) is 5.97. The van der Waals surface area contributed by atoms with Gasteiger partial charge in [-0.05, 0) is 24.2 Å². The zero-order valence-corrected chi connectivity index (χ0v) is 19.5. The smallest absolute Gasteiger partial charge is 0.334 e. The summed E-state index contributed by atoms with van der Waals surface area (Å²) in [7, 11) is 2.27. The third-order valence-electron chi connectivity index (χ3n) is 7.34. The zero-order valence-electron chi connectivity index (χ0n) is 19.5. The highest BCUT2D eigenvalue weighted by atomic mass is 16.6. The molecule has 182 valence electrons. The van der Waals surface area contributed by atoms with E-state index in [1.54, 1.807) is 0 Å². The third kappa shape index (κ3) is 4.11. The monoisotopic (exact) mass is 466 g/mol. The summed E-state index contributed by atoms with van der Waals surface area (Å²) in [6.07, 6.45) is 0.979. The Bertz CT molecular complexity index is 874. The molecular formula is C23H30O10. The number of methoxy groups -OCH3 is 2. The van der Waals surface area contributed by atoms with E-state index in [4.69, 9.17) is 14.2 Å². The Labute approximate surface area is 191 Å². The highest BCUT2D eigenvalue weighted by molar-refractivity contribution is 5.99. The number of ether oxygens (including phenoxy) is 5. The van der Waals surface area contributed by atoms with E-state index in [2.05, 4.69) is 9.47 Å². The van der Waals surface area contributed by atoms with Crippen molar-refractivity contribution < 1.29 is 47.7 Å². The first-order chi connectivity index (χ1) is 15.6. The molecule has 0 amide bonds. The van der Waals surface area contributed by atoms with Crippen LogP contribution in [0.5, 0.6) is 0 Å². The lowest BCUT2D eigenvalue weighted by Crippen LogP contribution is -2.52. The van der Waals surface area contributed by atoms with Crippen LogP contribution >= 0.6 is 0 Å². The van der Waals surface area contributed by atoms with Gasteiger partial charge in [0.05, 0.1) is 37.5 Å². The maximum atomic E-state index is 13.3. The van der Waals surface area contributed by atoms with Gasteiger partial charge in [0.15, 0.2) is 0 Å². The quantitative estimate of drug-likeness (QED) is 0.211. The van der Waals surface area contributed by atoms with Crippen molar-refractivity contribution in [2.24, 2.45) is 35.0 Å². The minimum absolute atomic E-state index is 0.0198. The molecule has 2 aliphatic carbocycles. The highest BCUT2D eigenvalue weighted by Gasteiger charge is 2.75.